The maximum atomic E-state index is 12.8. The summed E-state index contributed by atoms with van der Waals surface area (Å²) in [6.45, 7) is 3.83. The van der Waals surface area contributed by atoms with Crippen molar-refractivity contribution >= 4 is 50.9 Å². The van der Waals surface area contributed by atoms with Crippen molar-refractivity contribution in [3.05, 3.63) is 83.6 Å². The number of aryl methyl sites for hydroxylation is 2. The molecule has 0 saturated carbocycles. The number of anilines is 1. The molecule has 0 fully saturated rings. The molecule has 6 nitrogen and oxygen atoms in total. The Labute approximate surface area is 189 Å². The number of hydrogen-bond acceptors (Lipinski definition) is 4. The topological polar surface area (TPSA) is 83.0 Å². The second kappa shape index (κ2) is 7.94. The van der Waals surface area contributed by atoms with Gasteiger partial charge in [-0.15, -0.1) is 0 Å². The molecule has 0 aliphatic rings. The van der Waals surface area contributed by atoms with Crippen molar-refractivity contribution in [1.29, 1.82) is 0 Å². The van der Waals surface area contributed by atoms with Crippen LogP contribution >= 0.6 is 12.2 Å². The van der Waals surface area contributed by atoms with E-state index in [1.807, 2.05) is 80.6 Å². The van der Waals surface area contributed by atoms with E-state index in [4.69, 9.17) is 16.6 Å². The summed E-state index contributed by atoms with van der Waals surface area (Å²) in [6, 6.07) is 21.4. The molecule has 0 aliphatic heterocycles. The monoisotopic (exact) mass is 440 g/mol. The van der Waals surface area contributed by atoms with E-state index in [-0.39, 0.29) is 16.8 Å². The van der Waals surface area contributed by atoms with Crippen LogP contribution in [0.4, 0.5) is 5.69 Å². The van der Waals surface area contributed by atoms with E-state index in [9.17, 15) is 4.79 Å². The maximum absolute atomic E-state index is 12.8. The number of benzene rings is 3. The fourth-order valence-corrected chi connectivity index (χ4v) is 3.90. The van der Waals surface area contributed by atoms with Gasteiger partial charge in [-0.2, -0.15) is 0 Å². The lowest BCUT2D eigenvalue weighted by Gasteiger charge is -2.12. The average Bonchev–Trinajstić information content (AvgIpc) is 3.37. The Morgan fingerprint density at radius 2 is 1.81 bits per heavy atom. The first-order valence-corrected chi connectivity index (χ1v) is 10.6. The van der Waals surface area contributed by atoms with Gasteiger partial charge in [0.05, 0.1) is 11.0 Å². The Morgan fingerprint density at radius 3 is 2.62 bits per heavy atom. The van der Waals surface area contributed by atoms with Gasteiger partial charge in [-0.1, -0.05) is 42.5 Å². The van der Waals surface area contributed by atoms with Gasteiger partial charge in [-0.25, -0.2) is 4.98 Å². The first kappa shape index (κ1) is 20.0. The third-order valence-electron chi connectivity index (χ3n) is 5.43. The molecule has 2 heterocycles. The summed E-state index contributed by atoms with van der Waals surface area (Å²) >= 11 is 5.40. The molecule has 0 bridgehead atoms. The van der Waals surface area contributed by atoms with E-state index < -0.39 is 0 Å². The molecule has 0 unspecified atom stereocenters. The van der Waals surface area contributed by atoms with Crippen LogP contribution in [0.1, 0.15) is 21.7 Å². The molecule has 32 heavy (non-hydrogen) atoms. The summed E-state index contributed by atoms with van der Waals surface area (Å²) in [5.41, 5.74) is 6.02. The highest BCUT2D eigenvalue weighted by atomic mass is 32.1. The van der Waals surface area contributed by atoms with E-state index in [1.54, 1.807) is 0 Å². The molecule has 0 atom stereocenters. The van der Waals surface area contributed by atoms with E-state index in [0.29, 0.717) is 5.58 Å². The van der Waals surface area contributed by atoms with Gasteiger partial charge in [0, 0.05) is 22.2 Å². The number of carbonyl (C=O) groups excluding carboxylic acids is 1. The Kier molecular flexibility index (Phi) is 4.95. The maximum Gasteiger partial charge on any atom is 0.293 e. The lowest BCUT2D eigenvalue weighted by Crippen LogP contribution is -2.34. The third kappa shape index (κ3) is 3.63. The highest BCUT2D eigenvalue weighted by Gasteiger charge is 2.18. The van der Waals surface area contributed by atoms with Gasteiger partial charge in [0.25, 0.3) is 5.91 Å². The summed E-state index contributed by atoms with van der Waals surface area (Å²) in [6.07, 6.45) is 0. The third-order valence-corrected chi connectivity index (χ3v) is 5.63. The van der Waals surface area contributed by atoms with Gasteiger partial charge in [-0.3, -0.25) is 10.1 Å². The van der Waals surface area contributed by atoms with Gasteiger partial charge in [0.1, 0.15) is 11.4 Å². The van der Waals surface area contributed by atoms with Crippen LogP contribution in [-0.2, 0) is 0 Å². The van der Waals surface area contributed by atoms with Crippen LogP contribution in [0.25, 0.3) is 33.4 Å². The minimum Gasteiger partial charge on any atom is -0.451 e. The molecule has 3 N–H and O–H groups in total. The van der Waals surface area contributed by atoms with E-state index in [0.717, 1.165) is 44.6 Å². The predicted octanol–water partition coefficient (Wildman–Crippen LogP) is 5.72. The van der Waals surface area contributed by atoms with E-state index >= 15 is 0 Å². The summed E-state index contributed by atoms with van der Waals surface area (Å²) in [5, 5.41) is 6.95. The van der Waals surface area contributed by atoms with Gasteiger partial charge in [0.2, 0.25) is 0 Å². The number of amides is 1. The number of H-pyrrole nitrogens is 1. The molecule has 0 aliphatic carbocycles. The van der Waals surface area contributed by atoms with Crippen molar-refractivity contribution < 1.29 is 9.21 Å². The van der Waals surface area contributed by atoms with Crippen LogP contribution in [0.3, 0.4) is 0 Å². The molecule has 7 heteroatoms. The minimum absolute atomic E-state index is 0.194. The number of nitrogens with zero attached hydrogens (tertiary/aromatic N) is 1. The molecule has 2 aromatic heterocycles. The lowest BCUT2D eigenvalue weighted by molar-refractivity contribution is 0.0952. The summed E-state index contributed by atoms with van der Waals surface area (Å²) < 4.78 is 5.73. The zero-order chi connectivity index (χ0) is 22.2. The molecule has 5 aromatic rings. The van der Waals surface area contributed by atoms with Crippen molar-refractivity contribution in [2.45, 2.75) is 13.8 Å². The number of nitrogens with one attached hydrogen (secondary N) is 3. The molecular formula is C25H20N4O2S. The number of furan rings is 1. The molecule has 1 amide bonds. The van der Waals surface area contributed by atoms with Crippen molar-refractivity contribution in [2.75, 3.05) is 5.32 Å². The molecule has 158 valence electrons. The smallest absolute Gasteiger partial charge is 0.293 e. The summed E-state index contributed by atoms with van der Waals surface area (Å²) in [5.74, 6) is 0.632. The number of carbonyl (C=O) groups is 1. The fourth-order valence-electron chi connectivity index (χ4n) is 3.70. The lowest BCUT2D eigenvalue weighted by atomic mass is 10.1. The van der Waals surface area contributed by atoms with Gasteiger partial charge in [-0.05, 0) is 55.9 Å². The Hall–Kier alpha value is -3.97. The van der Waals surface area contributed by atoms with Crippen LogP contribution < -0.4 is 10.6 Å². The number of fused-ring (bicyclic) bond motifs is 2. The quantitative estimate of drug-likeness (QED) is 0.313. The molecule has 0 spiro atoms. The summed E-state index contributed by atoms with van der Waals surface area (Å²) in [4.78, 5) is 20.7. The summed E-state index contributed by atoms with van der Waals surface area (Å²) in [7, 11) is 0. The number of para-hydroxylation sites is 3. The molecule has 0 radical (unpaired) electrons. The van der Waals surface area contributed by atoms with Crippen molar-refractivity contribution in [3.8, 4) is 11.4 Å². The first-order valence-electron chi connectivity index (χ1n) is 10.2. The van der Waals surface area contributed by atoms with Crippen LogP contribution in [0, 0.1) is 13.8 Å². The largest absolute Gasteiger partial charge is 0.451 e. The predicted molar refractivity (Wildman–Crippen MR) is 131 cm³/mol. The van der Waals surface area contributed by atoms with Crippen molar-refractivity contribution in [3.63, 3.8) is 0 Å². The second-order valence-electron chi connectivity index (χ2n) is 7.59. The molecule has 3 aromatic carbocycles. The SMILES string of the molecule is Cc1ccc(-c2nc3ccccc3[nH]2)cc1NC(=S)NC(=O)c1oc2ccccc2c1C. The number of imidazole rings is 1. The van der Waals surface area contributed by atoms with Crippen LogP contribution in [-0.4, -0.2) is 21.0 Å². The fraction of sp³-hybridized carbons (Fsp3) is 0.0800. The highest BCUT2D eigenvalue weighted by Crippen LogP contribution is 2.26. The zero-order valence-corrected chi connectivity index (χ0v) is 18.3. The Balaban J connectivity index is 1.36. The van der Waals surface area contributed by atoms with Gasteiger partial charge in [0.15, 0.2) is 10.9 Å². The Morgan fingerprint density at radius 1 is 1.03 bits per heavy atom. The van der Waals surface area contributed by atoms with E-state index in [1.165, 1.54) is 0 Å². The molecule has 0 saturated heterocycles. The van der Waals surface area contributed by atoms with Gasteiger partial charge >= 0.3 is 0 Å². The minimum atomic E-state index is -0.387. The average molecular weight is 441 g/mol. The number of thiocarbonyl (C=S) groups is 1. The van der Waals surface area contributed by atoms with Gasteiger partial charge < -0.3 is 14.7 Å². The second-order valence-corrected chi connectivity index (χ2v) is 8.00. The highest BCUT2D eigenvalue weighted by molar-refractivity contribution is 7.80. The normalized spacial score (nSPS) is 11.1. The van der Waals surface area contributed by atoms with Crippen LogP contribution in [0.2, 0.25) is 0 Å². The molecule has 5 rings (SSSR count). The number of rotatable bonds is 3. The van der Waals surface area contributed by atoms with Crippen molar-refractivity contribution in [2.24, 2.45) is 0 Å². The zero-order valence-electron chi connectivity index (χ0n) is 17.5. The van der Waals surface area contributed by atoms with Crippen LogP contribution in [0.5, 0.6) is 0 Å². The number of hydrogen-bond donors (Lipinski definition) is 3. The standard InChI is InChI=1S/C25H20N4O2S/c1-14-11-12-16(23-26-18-8-4-5-9-19(18)27-23)13-20(14)28-25(32)29-24(30)22-15(2)17-7-3-6-10-21(17)31-22/h3-13H,1-2H3,(H,26,27)(H2,28,29,30,32). The first-order chi connectivity index (χ1) is 15.5. The van der Waals surface area contributed by atoms with Crippen molar-refractivity contribution in [1.82, 2.24) is 15.3 Å². The number of aromatic nitrogens is 2. The Bertz CT molecular complexity index is 1470. The number of aromatic amines is 1. The molecular weight excluding hydrogens is 420 g/mol. The van der Waals surface area contributed by atoms with E-state index in [2.05, 4.69) is 20.6 Å². The van der Waals surface area contributed by atoms with Crippen LogP contribution in [0.15, 0.2) is 71.1 Å².